The van der Waals surface area contributed by atoms with E-state index in [1.165, 1.54) is 21.3 Å². The van der Waals surface area contributed by atoms with E-state index in [9.17, 15) is 14.4 Å². The molecule has 1 aliphatic rings. The fraction of sp³-hybridized carbons (Fsp3) is 0.450. The lowest BCUT2D eigenvalue weighted by atomic mass is 10.1. The Kier molecular flexibility index (Phi) is 7.95. The van der Waals surface area contributed by atoms with Crippen molar-refractivity contribution in [3.63, 3.8) is 0 Å². The van der Waals surface area contributed by atoms with Crippen LogP contribution in [0.15, 0.2) is 17.0 Å². The number of amides is 3. The van der Waals surface area contributed by atoms with Crippen molar-refractivity contribution in [1.29, 1.82) is 0 Å². The van der Waals surface area contributed by atoms with Crippen molar-refractivity contribution in [3.8, 4) is 17.2 Å². The molecular formula is C20H26N2O6S. The van der Waals surface area contributed by atoms with Gasteiger partial charge in [-0.05, 0) is 42.0 Å². The van der Waals surface area contributed by atoms with E-state index < -0.39 is 5.91 Å². The number of methoxy groups -OCH3 is 3. The van der Waals surface area contributed by atoms with Crippen molar-refractivity contribution >= 4 is 34.9 Å². The van der Waals surface area contributed by atoms with Crippen LogP contribution in [0.2, 0.25) is 0 Å². The summed E-state index contributed by atoms with van der Waals surface area (Å²) in [4.78, 5) is 38.1. The minimum Gasteiger partial charge on any atom is -0.493 e. The third-order valence-electron chi connectivity index (χ3n) is 4.55. The molecule has 1 aromatic carbocycles. The third kappa shape index (κ3) is 5.23. The highest BCUT2D eigenvalue weighted by atomic mass is 32.2. The van der Waals surface area contributed by atoms with Crippen molar-refractivity contribution in [1.82, 2.24) is 10.2 Å². The highest BCUT2D eigenvalue weighted by Crippen LogP contribution is 2.40. The molecule has 1 unspecified atom stereocenters. The molecule has 0 aromatic heterocycles. The van der Waals surface area contributed by atoms with Gasteiger partial charge in [0.05, 0.1) is 26.2 Å². The molecule has 9 heteroatoms. The van der Waals surface area contributed by atoms with Gasteiger partial charge in [0.1, 0.15) is 0 Å². The molecule has 1 heterocycles. The Bertz CT molecular complexity index is 798. The van der Waals surface area contributed by atoms with Gasteiger partial charge < -0.3 is 19.5 Å². The summed E-state index contributed by atoms with van der Waals surface area (Å²) in [7, 11) is 4.51. The van der Waals surface area contributed by atoms with Gasteiger partial charge >= 0.3 is 0 Å². The summed E-state index contributed by atoms with van der Waals surface area (Å²) < 4.78 is 15.9. The Morgan fingerprint density at radius 1 is 1.17 bits per heavy atom. The highest BCUT2D eigenvalue weighted by Gasteiger charge is 2.34. The first kappa shape index (κ1) is 22.6. The van der Waals surface area contributed by atoms with E-state index in [4.69, 9.17) is 14.2 Å². The van der Waals surface area contributed by atoms with Gasteiger partial charge in [-0.25, -0.2) is 0 Å². The second kappa shape index (κ2) is 10.2. The number of ether oxygens (including phenoxy) is 3. The SMILES string of the molecule is CCC(C)C(=O)NCCN1C(=O)SC(=Cc2cc(OC)c(OC)c(OC)c2)C1=O. The number of benzene rings is 1. The van der Waals surface area contributed by atoms with Crippen molar-refractivity contribution in [2.75, 3.05) is 34.4 Å². The van der Waals surface area contributed by atoms with Gasteiger partial charge in [0, 0.05) is 19.0 Å². The topological polar surface area (TPSA) is 94.2 Å². The second-order valence-electron chi connectivity index (χ2n) is 6.39. The van der Waals surface area contributed by atoms with Crippen molar-refractivity contribution in [2.45, 2.75) is 20.3 Å². The first-order valence-electron chi connectivity index (χ1n) is 9.19. The van der Waals surface area contributed by atoms with Gasteiger partial charge in [0.2, 0.25) is 11.7 Å². The maximum absolute atomic E-state index is 12.6. The predicted molar refractivity (Wildman–Crippen MR) is 111 cm³/mol. The van der Waals surface area contributed by atoms with Crippen LogP contribution >= 0.6 is 11.8 Å². The number of carbonyl (C=O) groups excluding carboxylic acids is 3. The van der Waals surface area contributed by atoms with E-state index in [1.807, 2.05) is 13.8 Å². The number of nitrogens with zero attached hydrogens (tertiary/aromatic N) is 1. The first-order valence-corrected chi connectivity index (χ1v) is 10.0. The molecule has 0 aliphatic carbocycles. The van der Waals surface area contributed by atoms with Gasteiger partial charge in [0.15, 0.2) is 11.5 Å². The second-order valence-corrected chi connectivity index (χ2v) is 7.39. The quantitative estimate of drug-likeness (QED) is 0.612. The van der Waals surface area contributed by atoms with Gasteiger partial charge in [-0.2, -0.15) is 0 Å². The van der Waals surface area contributed by atoms with Gasteiger partial charge in [-0.1, -0.05) is 13.8 Å². The Morgan fingerprint density at radius 2 is 1.79 bits per heavy atom. The summed E-state index contributed by atoms with van der Waals surface area (Å²) in [5.74, 6) is 0.747. The molecule has 0 bridgehead atoms. The predicted octanol–water partition coefficient (Wildman–Crippen LogP) is 2.91. The maximum Gasteiger partial charge on any atom is 0.293 e. The van der Waals surface area contributed by atoms with Crippen LogP contribution in [0.1, 0.15) is 25.8 Å². The van der Waals surface area contributed by atoms with E-state index in [0.717, 1.165) is 23.1 Å². The van der Waals surface area contributed by atoms with Crippen LogP contribution < -0.4 is 19.5 Å². The summed E-state index contributed by atoms with van der Waals surface area (Å²) in [5.41, 5.74) is 0.634. The van der Waals surface area contributed by atoms with Crippen molar-refractivity contribution in [2.24, 2.45) is 5.92 Å². The molecule has 29 heavy (non-hydrogen) atoms. The molecule has 1 fully saturated rings. The molecule has 0 saturated carbocycles. The number of hydrogen-bond donors (Lipinski definition) is 1. The number of imide groups is 1. The van der Waals surface area contributed by atoms with Crippen LogP contribution in [0.4, 0.5) is 4.79 Å². The number of thioether (sulfide) groups is 1. The number of nitrogens with one attached hydrogen (secondary N) is 1. The minimum atomic E-state index is -0.397. The smallest absolute Gasteiger partial charge is 0.293 e. The van der Waals surface area contributed by atoms with Crippen molar-refractivity contribution in [3.05, 3.63) is 22.6 Å². The standard InChI is InChI=1S/C20H26N2O6S/c1-6-12(2)18(23)21-7-8-22-19(24)16(29-20(22)25)11-13-9-14(26-3)17(28-5)15(10-13)27-4/h9-12H,6-8H2,1-5H3,(H,21,23). The molecule has 1 atom stereocenters. The van der Waals surface area contributed by atoms with Crippen LogP contribution in [0, 0.1) is 5.92 Å². The largest absolute Gasteiger partial charge is 0.493 e. The molecule has 0 spiro atoms. The van der Waals surface area contributed by atoms with E-state index >= 15 is 0 Å². The van der Waals surface area contributed by atoms with Gasteiger partial charge in [-0.15, -0.1) is 0 Å². The highest BCUT2D eigenvalue weighted by molar-refractivity contribution is 8.18. The summed E-state index contributed by atoms with van der Waals surface area (Å²) in [5, 5.41) is 2.38. The molecule has 1 aromatic rings. The average Bonchev–Trinajstić information content (AvgIpc) is 2.99. The molecule has 2 rings (SSSR count). The minimum absolute atomic E-state index is 0.0903. The van der Waals surface area contributed by atoms with Gasteiger partial charge in [-0.3, -0.25) is 19.3 Å². The van der Waals surface area contributed by atoms with Crippen molar-refractivity contribution < 1.29 is 28.6 Å². The molecule has 8 nitrogen and oxygen atoms in total. The fourth-order valence-electron chi connectivity index (χ4n) is 2.68. The molecular weight excluding hydrogens is 396 g/mol. The lowest BCUT2D eigenvalue weighted by Crippen LogP contribution is -2.38. The van der Waals surface area contributed by atoms with Crippen LogP contribution in [-0.2, 0) is 9.59 Å². The van der Waals surface area contributed by atoms with E-state index in [0.29, 0.717) is 22.8 Å². The number of rotatable bonds is 9. The number of carbonyl (C=O) groups is 3. The zero-order chi connectivity index (χ0) is 21.6. The van der Waals surface area contributed by atoms with Gasteiger partial charge in [0.25, 0.3) is 11.1 Å². The first-order chi connectivity index (χ1) is 13.9. The Hall–Kier alpha value is -2.68. The summed E-state index contributed by atoms with van der Waals surface area (Å²) in [6, 6.07) is 3.39. The van der Waals surface area contributed by atoms with Crippen LogP contribution in [0.5, 0.6) is 17.2 Å². The third-order valence-corrected chi connectivity index (χ3v) is 5.46. The van der Waals surface area contributed by atoms with E-state index in [2.05, 4.69) is 5.32 Å². The maximum atomic E-state index is 12.6. The van der Waals surface area contributed by atoms with E-state index in [-0.39, 0.29) is 35.1 Å². The molecule has 0 radical (unpaired) electrons. The van der Waals surface area contributed by atoms with Crippen LogP contribution in [0.3, 0.4) is 0 Å². The van der Waals surface area contributed by atoms with Crippen LogP contribution in [-0.4, -0.2) is 56.4 Å². The van der Waals surface area contributed by atoms with Crippen LogP contribution in [0.25, 0.3) is 6.08 Å². The lowest BCUT2D eigenvalue weighted by Gasteiger charge is -2.14. The molecule has 158 valence electrons. The number of hydrogen-bond acceptors (Lipinski definition) is 7. The summed E-state index contributed by atoms with van der Waals surface area (Å²) in [6.07, 6.45) is 2.33. The summed E-state index contributed by atoms with van der Waals surface area (Å²) >= 11 is 0.856. The van der Waals surface area contributed by atoms with E-state index in [1.54, 1.807) is 18.2 Å². The Balaban J connectivity index is 2.14. The Morgan fingerprint density at radius 3 is 2.31 bits per heavy atom. The molecule has 1 N–H and O–H groups in total. The molecule has 1 aliphatic heterocycles. The molecule has 3 amide bonds. The normalized spacial score (nSPS) is 16.2. The average molecular weight is 423 g/mol. The zero-order valence-electron chi connectivity index (χ0n) is 17.2. The fourth-order valence-corrected chi connectivity index (χ4v) is 3.54. The Labute approximate surface area is 174 Å². The monoisotopic (exact) mass is 422 g/mol. The molecule has 1 saturated heterocycles. The summed E-state index contributed by atoms with van der Waals surface area (Å²) in [6.45, 7) is 4.10. The zero-order valence-corrected chi connectivity index (χ0v) is 18.1. The lowest BCUT2D eigenvalue weighted by molar-refractivity contribution is -0.126.